The van der Waals surface area contributed by atoms with Gasteiger partial charge in [-0.15, -0.1) is 0 Å². The molecule has 2 N–H and O–H groups in total. The van der Waals surface area contributed by atoms with Crippen LogP contribution in [0, 0.1) is 13.8 Å². The van der Waals surface area contributed by atoms with Crippen LogP contribution in [0.2, 0.25) is 0 Å². The number of amides is 1. The molecule has 2 heterocycles. The summed E-state index contributed by atoms with van der Waals surface area (Å²) in [6.07, 6.45) is 1.79. The fraction of sp³-hybridized carbons (Fsp3) is 0.316. The van der Waals surface area contributed by atoms with Gasteiger partial charge in [-0.25, -0.2) is 15.0 Å². The predicted octanol–water partition coefficient (Wildman–Crippen LogP) is 2.31. The maximum absolute atomic E-state index is 12.3. The van der Waals surface area contributed by atoms with Crippen molar-refractivity contribution >= 4 is 28.9 Å². The molecule has 3 rings (SSSR count). The standard InChI is InChI=1S/C19H21N5O4/c1-11-4-5-12(2)14(8-11)27-7-6-15(25)28-13(3)19(26)24-18-16-17(21-9-20-16)22-10-23-18/h4-5,8-10,13H,6-7H2,1-3H3,(H2,20,21,22,23,24,26). The zero-order valence-corrected chi connectivity index (χ0v) is 15.9. The molecule has 0 saturated heterocycles. The van der Waals surface area contributed by atoms with Gasteiger partial charge in [0.05, 0.1) is 19.4 Å². The second-order valence-corrected chi connectivity index (χ2v) is 6.31. The van der Waals surface area contributed by atoms with E-state index in [-0.39, 0.29) is 18.8 Å². The van der Waals surface area contributed by atoms with Crippen LogP contribution in [0.15, 0.2) is 30.9 Å². The molecule has 0 aliphatic heterocycles. The lowest BCUT2D eigenvalue weighted by molar-refractivity contribution is -0.153. The first kappa shape index (κ1) is 19.3. The zero-order valence-electron chi connectivity index (χ0n) is 15.9. The molecule has 1 amide bonds. The third-order valence-corrected chi connectivity index (χ3v) is 4.05. The Morgan fingerprint density at radius 3 is 2.86 bits per heavy atom. The molecule has 28 heavy (non-hydrogen) atoms. The van der Waals surface area contributed by atoms with Crippen LogP contribution in [-0.4, -0.2) is 44.5 Å². The van der Waals surface area contributed by atoms with Crippen molar-refractivity contribution in [3.8, 4) is 5.75 Å². The molecule has 1 atom stereocenters. The summed E-state index contributed by atoms with van der Waals surface area (Å²) in [7, 11) is 0. The van der Waals surface area contributed by atoms with Crippen LogP contribution in [0.25, 0.3) is 11.2 Å². The van der Waals surface area contributed by atoms with Gasteiger partial charge < -0.3 is 19.8 Å². The first-order chi connectivity index (χ1) is 13.4. The van der Waals surface area contributed by atoms with Gasteiger partial charge in [0, 0.05) is 0 Å². The molecule has 0 fully saturated rings. The summed E-state index contributed by atoms with van der Waals surface area (Å²) in [6.45, 7) is 5.56. The topological polar surface area (TPSA) is 119 Å². The minimum absolute atomic E-state index is 0.0311. The minimum atomic E-state index is -0.985. The van der Waals surface area contributed by atoms with Crippen LogP contribution in [0.5, 0.6) is 5.75 Å². The number of anilines is 1. The lowest BCUT2D eigenvalue weighted by Crippen LogP contribution is -2.30. The molecule has 9 nitrogen and oxygen atoms in total. The normalized spacial score (nSPS) is 11.8. The number of benzene rings is 1. The molecule has 3 aromatic rings. The number of aryl methyl sites for hydroxylation is 2. The Morgan fingerprint density at radius 1 is 1.21 bits per heavy atom. The number of aromatic nitrogens is 4. The van der Waals surface area contributed by atoms with E-state index in [1.807, 2.05) is 32.0 Å². The number of imidazole rings is 1. The number of esters is 1. The van der Waals surface area contributed by atoms with Gasteiger partial charge >= 0.3 is 5.97 Å². The summed E-state index contributed by atoms with van der Waals surface area (Å²) in [5, 5.41) is 2.60. The van der Waals surface area contributed by atoms with Crippen molar-refractivity contribution in [2.45, 2.75) is 33.3 Å². The van der Waals surface area contributed by atoms with Crippen molar-refractivity contribution < 1.29 is 19.1 Å². The zero-order chi connectivity index (χ0) is 20.1. The van der Waals surface area contributed by atoms with E-state index in [2.05, 4.69) is 25.3 Å². The van der Waals surface area contributed by atoms with Gasteiger partial charge in [-0.2, -0.15) is 0 Å². The lowest BCUT2D eigenvalue weighted by atomic mass is 10.1. The number of aromatic amines is 1. The van der Waals surface area contributed by atoms with E-state index < -0.39 is 18.0 Å². The van der Waals surface area contributed by atoms with E-state index in [4.69, 9.17) is 9.47 Å². The van der Waals surface area contributed by atoms with Gasteiger partial charge in [0.15, 0.2) is 17.6 Å². The third kappa shape index (κ3) is 4.61. The average molecular weight is 383 g/mol. The maximum atomic E-state index is 12.3. The van der Waals surface area contributed by atoms with Gasteiger partial charge in [0.1, 0.15) is 17.6 Å². The Morgan fingerprint density at radius 2 is 2.04 bits per heavy atom. The highest BCUT2D eigenvalue weighted by Gasteiger charge is 2.20. The van der Waals surface area contributed by atoms with Crippen LogP contribution in [0.4, 0.5) is 5.82 Å². The Labute approximate surface area is 161 Å². The molecule has 146 valence electrons. The molecule has 1 aromatic carbocycles. The first-order valence-corrected chi connectivity index (χ1v) is 8.78. The minimum Gasteiger partial charge on any atom is -0.493 e. The molecule has 0 bridgehead atoms. The van der Waals surface area contributed by atoms with E-state index in [1.54, 1.807) is 0 Å². The lowest BCUT2D eigenvalue weighted by Gasteiger charge is -2.14. The summed E-state index contributed by atoms with van der Waals surface area (Å²) in [5.74, 6) is -0.0275. The van der Waals surface area contributed by atoms with Crippen LogP contribution < -0.4 is 10.1 Å². The molecule has 0 aliphatic carbocycles. The van der Waals surface area contributed by atoms with Crippen molar-refractivity contribution in [1.82, 2.24) is 19.9 Å². The largest absolute Gasteiger partial charge is 0.493 e. The van der Waals surface area contributed by atoms with Crippen LogP contribution in [-0.2, 0) is 14.3 Å². The second-order valence-electron chi connectivity index (χ2n) is 6.31. The number of hydrogen-bond donors (Lipinski definition) is 2. The molecular formula is C19H21N5O4. The van der Waals surface area contributed by atoms with Crippen molar-refractivity contribution in [3.63, 3.8) is 0 Å². The molecular weight excluding hydrogens is 362 g/mol. The second kappa shape index (κ2) is 8.47. The molecule has 0 saturated carbocycles. The Kier molecular flexibility index (Phi) is 5.83. The number of nitrogens with zero attached hydrogens (tertiary/aromatic N) is 3. The van der Waals surface area contributed by atoms with Gasteiger partial charge in [0.25, 0.3) is 5.91 Å². The Hall–Kier alpha value is -3.49. The number of carbonyl (C=O) groups excluding carboxylic acids is 2. The van der Waals surface area contributed by atoms with E-state index in [9.17, 15) is 9.59 Å². The third-order valence-electron chi connectivity index (χ3n) is 4.05. The quantitative estimate of drug-likeness (QED) is 0.601. The van der Waals surface area contributed by atoms with Crippen molar-refractivity contribution in [1.29, 1.82) is 0 Å². The number of carbonyl (C=O) groups is 2. The van der Waals surface area contributed by atoms with E-state index in [0.29, 0.717) is 11.2 Å². The molecule has 1 unspecified atom stereocenters. The smallest absolute Gasteiger partial charge is 0.310 e. The van der Waals surface area contributed by atoms with E-state index >= 15 is 0 Å². The number of ether oxygens (including phenoxy) is 2. The molecule has 2 aromatic heterocycles. The Bertz CT molecular complexity index is 1000. The van der Waals surface area contributed by atoms with Gasteiger partial charge in [0.2, 0.25) is 0 Å². The van der Waals surface area contributed by atoms with Gasteiger partial charge in [-0.3, -0.25) is 9.59 Å². The SMILES string of the molecule is Cc1ccc(C)c(OCCC(=O)OC(C)C(=O)Nc2ncnc3nc[nH]c23)c1. The van der Waals surface area contributed by atoms with Crippen molar-refractivity contribution in [2.75, 3.05) is 11.9 Å². The molecule has 0 spiro atoms. The van der Waals surface area contributed by atoms with Crippen molar-refractivity contribution in [2.24, 2.45) is 0 Å². The first-order valence-electron chi connectivity index (χ1n) is 8.78. The molecule has 0 aliphatic rings. The number of fused-ring (bicyclic) bond motifs is 1. The maximum Gasteiger partial charge on any atom is 0.310 e. The van der Waals surface area contributed by atoms with Crippen molar-refractivity contribution in [3.05, 3.63) is 42.0 Å². The van der Waals surface area contributed by atoms with Crippen LogP contribution in [0.1, 0.15) is 24.5 Å². The molecule has 9 heteroatoms. The highest BCUT2D eigenvalue weighted by Crippen LogP contribution is 2.19. The summed E-state index contributed by atoms with van der Waals surface area (Å²) in [5.41, 5.74) is 2.99. The fourth-order valence-corrected chi connectivity index (χ4v) is 2.49. The number of H-pyrrole nitrogens is 1. The van der Waals surface area contributed by atoms with E-state index in [0.717, 1.165) is 16.9 Å². The summed E-state index contributed by atoms with van der Waals surface area (Å²) >= 11 is 0. The number of hydrogen-bond acceptors (Lipinski definition) is 7. The van der Waals surface area contributed by atoms with E-state index in [1.165, 1.54) is 19.6 Å². The Balaban J connectivity index is 1.49. The number of rotatable bonds is 7. The van der Waals surface area contributed by atoms with Crippen LogP contribution >= 0.6 is 0 Å². The summed E-state index contributed by atoms with van der Waals surface area (Å²) in [4.78, 5) is 39.1. The highest BCUT2D eigenvalue weighted by atomic mass is 16.5. The summed E-state index contributed by atoms with van der Waals surface area (Å²) < 4.78 is 10.8. The monoisotopic (exact) mass is 383 g/mol. The summed E-state index contributed by atoms with van der Waals surface area (Å²) in [6, 6.07) is 5.86. The highest BCUT2D eigenvalue weighted by molar-refractivity contribution is 5.99. The predicted molar refractivity (Wildman–Crippen MR) is 102 cm³/mol. The van der Waals surface area contributed by atoms with Crippen LogP contribution in [0.3, 0.4) is 0 Å². The number of nitrogens with one attached hydrogen (secondary N) is 2. The molecule has 0 radical (unpaired) electrons. The van der Waals surface area contributed by atoms with Gasteiger partial charge in [-0.05, 0) is 38.0 Å². The average Bonchev–Trinajstić information content (AvgIpc) is 3.14. The fourth-order valence-electron chi connectivity index (χ4n) is 2.49. The van der Waals surface area contributed by atoms with Gasteiger partial charge in [-0.1, -0.05) is 12.1 Å².